The van der Waals surface area contributed by atoms with Crippen LogP contribution in [0.2, 0.25) is 0 Å². The number of quaternary nitrogens is 1. The predicted molar refractivity (Wildman–Crippen MR) is 97.4 cm³/mol. The number of urea groups is 1. The number of hydrogen-bond acceptors (Lipinski definition) is 2. The van der Waals surface area contributed by atoms with Crippen molar-refractivity contribution in [3.8, 4) is 0 Å². The standard InChI is InChI=1S/C19H22FN3OS/c20-17-5-1-2-6-18(17)22-19(24)21-13-10-14-7-8-15(11-13)23(14)12-16-4-3-9-25-16/h1-6,9,13-15H,7-8,10-12H2,(H2,21,22,24)/p+1/t14-,15-/m1/s1. The molecule has 2 bridgehead atoms. The molecule has 2 atom stereocenters. The van der Waals surface area contributed by atoms with E-state index in [1.165, 1.54) is 23.8 Å². The van der Waals surface area contributed by atoms with Crippen LogP contribution in [0.4, 0.5) is 14.9 Å². The molecule has 0 radical (unpaired) electrons. The number of rotatable bonds is 4. The minimum absolute atomic E-state index is 0.177. The third-order valence-corrected chi connectivity index (χ3v) is 6.34. The molecule has 25 heavy (non-hydrogen) atoms. The van der Waals surface area contributed by atoms with Crippen molar-refractivity contribution in [2.75, 3.05) is 5.32 Å². The monoisotopic (exact) mass is 360 g/mol. The van der Waals surface area contributed by atoms with Crippen molar-refractivity contribution >= 4 is 23.1 Å². The van der Waals surface area contributed by atoms with Gasteiger partial charge in [0, 0.05) is 31.7 Å². The van der Waals surface area contributed by atoms with Crippen molar-refractivity contribution in [1.82, 2.24) is 5.32 Å². The molecule has 0 spiro atoms. The van der Waals surface area contributed by atoms with E-state index in [0.29, 0.717) is 12.1 Å². The molecule has 132 valence electrons. The highest BCUT2D eigenvalue weighted by molar-refractivity contribution is 7.09. The van der Waals surface area contributed by atoms with E-state index >= 15 is 0 Å². The van der Waals surface area contributed by atoms with E-state index in [2.05, 4.69) is 28.1 Å². The largest absolute Gasteiger partial charge is 0.335 e. The number of fused-ring (bicyclic) bond motifs is 2. The van der Waals surface area contributed by atoms with E-state index in [4.69, 9.17) is 0 Å². The van der Waals surface area contributed by atoms with Gasteiger partial charge in [0.05, 0.1) is 22.6 Å². The molecule has 2 saturated heterocycles. The molecule has 4 nitrogen and oxygen atoms in total. The van der Waals surface area contributed by atoms with Crippen LogP contribution in [0, 0.1) is 5.82 Å². The first-order valence-electron chi connectivity index (χ1n) is 8.89. The molecule has 3 N–H and O–H groups in total. The van der Waals surface area contributed by atoms with Crippen molar-refractivity contribution in [3.05, 3.63) is 52.5 Å². The molecule has 4 rings (SSSR count). The number of carbonyl (C=O) groups excluding carboxylic acids is 1. The van der Waals surface area contributed by atoms with Gasteiger partial charge in [-0.2, -0.15) is 0 Å². The number of hydrogen-bond donors (Lipinski definition) is 3. The van der Waals surface area contributed by atoms with Gasteiger partial charge in [-0.15, -0.1) is 11.3 Å². The Morgan fingerprint density at radius 1 is 1.16 bits per heavy atom. The van der Waals surface area contributed by atoms with Crippen LogP contribution in [-0.2, 0) is 6.54 Å². The molecule has 1 aromatic heterocycles. The molecule has 2 aliphatic rings. The van der Waals surface area contributed by atoms with E-state index in [1.54, 1.807) is 23.1 Å². The Hall–Kier alpha value is -1.92. The number of benzene rings is 1. The fraction of sp³-hybridized carbons (Fsp3) is 0.421. The number of nitrogens with one attached hydrogen (secondary N) is 3. The maximum absolute atomic E-state index is 13.6. The Balaban J connectivity index is 1.33. The van der Waals surface area contributed by atoms with E-state index in [1.807, 2.05) is 11.3 Å². The van der Waals surface area contributed by atoms with Crippen LogP contribution in [-0.4, -0.2) is 24.2 Å². The van der Waals surface area contributed by atoms with Crippen LogP contribution in [0.1, 0.15) is 30.6 Å². The van der Waals surface area contributed by atoms with Gasteiger partial charge in [-0.1, -0.05) is 18.2 Å². The fourth-order valence-corrected chi connectivity index (χ4v) is 5.09. The quantitative estimate of drug-likeness (QED) is 0.771. The molecule has 2 aliphatic heterocycles. The topological polar surface area (TPSA) is 45.6 Å². The van der Waals surface area contributed by atoms with Gasteiger partial charge >= 0.3 is 6.03 Å². The molecule has 1 aromatic carbocycles. The number of halogens is 1. The lowest BCUT2D eigenvalue weighted by Gasteiger charge is -2.36. The van der Waals surface area contributed by atoms with Gasteiger partial charge in [-0.3, -0.25) is 0 Å². The molecule has 2 aromatic rings. The average Bonchev–Trinajstić information content (AvgIpc) is 3.17. The van der Waals surface area contributed by atoms with Crippen LogP contribution in [0.15, 0.2) is 41.8 Å². The zero-order valence-electron chi connectivity index (χ0n) is 14.0. The lowest BCUT2D eigenvalue weighted by atomic mass is 9.97. The number of para-hydroxylation sites is 1. The SMILES string of the molecule is O=C(Nc1ccccc1F)NC1C[C@H]2CC[C@H](C1)[NH+]2Cc1cccs1. The summed E-state index contributed by atoms with van der Waals surface area (Å²) in [5.41, 5.74) is 0.226. The van der Waals surface area contributed by atoms with Gasteiger partial charge in [-0.25, -0.2) is 9.18 Å². The second kappa shape index (κ2) is 7.14. The first-order chi connectivity index (χ1) is 12.2. The predicted octanol–water partition coefficient (Wildman–Crippen LogP) is 2.79. The lowest BCUT2D eigenvalue weighted by molar-refractivity contribution is -0.954. The van der Waals surface area contributed by atoms with Crippen LogP contribution in [0.5, 0.6) is 0 Å². The first-order valence-corrected chi connectivity index (χ1v) is 9.77. The minimum Gasteiger partial charge on any atom is -0.335 e. The summed E-state index contributed by atoms with van der Waals surface area (Å²) in [5, 5.41) is 7.81. The Kier molecular flexibility index (Phi) is 4.72. The summed E-state index contributed by atoms with van der Waals surface area (Å²) in [6, 6.07) is 11.7. The third-order valence-electron chi connectivity index (χ3n) is 5.47. The maximum Gasteiger partial charge on any atom is 0.319 e. The van der Waals surface area contributed by atoms with E-state index in [-0.39, 0.29) is 17.8 Å². The number of piperidine rings is 1. The smallest absolute Gasteiger partial charge is 0.319 e. The van der Waals surface area contributed by atoms with Gasteiger partial charge < -0.3 is 15.5 Å². The lowest BCUT2D eigenvalue weighted by Crippen LogP contribution is -3.17. The molecule has 0 saturated carbocycles. The summed E-state index contributed by atoms with van der Waals surface area (Å²) < 4.78 is 13.6. The Morgan fingerprint density at radius 3 is 2.60 bits per heavy atom. The van der Waals surface area contributed by atoms with Crippen LogP contribution >= 0.6 is 11.3 Å². The zero-order chi connectivity index (χ0) is 17.2. The fourth-order valence-electron chi connectivity index (χ4n) is 4.36. The van der Waals surface area contributed by atoms with Crippen LogP contribution in [0.25, 0.3) is 0 Å². The normalized spacial score (nSPS) is 27.9. The third kappa shape index (κ3) is 3.70. The zero-order valence-corrected chi connectivity index (χ0v) is 14.8. The average molecular weight is 360 g/mol. The highest BCUT2D eigenvalue weighted by Gasteiger charge is 2.44. The van der Waals surface area contributed by atoms with Gasteiger partial charge in [-0.05, 0) is 23.6 Å². The Labute approximate surface area is 151 Å². The van der Waals surface area contributed by atoms with Crippen LogP contribution in [0.3, 0.4) is 0 Å². The summed E-state index contributed by atoms with van der Waals surface area (Å²) in [6.07, 6.45) is 4.47. The molecule has 2 fully saturated rings. The van der Waals surface area contributed by atoms with Gasteiger partial charge in [0.25, 0.3) is 0 Å². The van der Waals surface area contributed by atoms with Crippen molar-refractivity contribution in [3.63, 3.8) is 0 Å². The van der Waals surface area contributed by atoms with Crippen molar-refractivity contribution in [1.29, 1.82) is 0 Å². The molecule has 3 heterocycles. The Bertz CT molecular complexity index is 722. The highest BCUT2D eigenvalue weighted by atomic mass is 32.1. The van der Waals surface area contributed by atoms with E-state index in [0.717, 1.165) is 19.4 Å². The van der Waals surface area contributed by atoms with Gasteiger partial charge in [0.1, 0.15) is 12.4 Å². The van der Waals surface area contributed by atoms with Crippen molar-refractivity contribution in [2.45, 2.75) is 50.4 Å². The number of thiophene rings is 1. The summed E-state index contributed by atoms with van der Waals surface area (Å²) >= 11 is 1.83. The maximum atomic E-state index is 13.6. The van der Waals surface area contributed by atoms with Gasteiger partial charge in [0.15, 0.2) is 0 Å². The van der Waals surface area contributed by atoms with Crippen molar-refractivity contribution in [2.24, 2.45) is 0 Å². The summed E-state index contributed by atoms with van der Waals surface area (Å²) in [4.78, 5) is 15.3. The highest BCUT2D eigenvalue weighted by Crippen LogP contribution is 2.24. The summed E-state index contributed by atoms with van der Waals surface area (Å²) in [7, 11) is 0. The van der Waals surface area contributed by atoms with Gasteiger partial charge in [0.2, 0.25) is 0 Å². The molecule has 0 aliphatic carbocycles. The molecule has 0 unspecified atom stereocenters. The van der Waals surface area contributed by atoms with Crippen LogP contribution < -0.4 is 15.5 Å². The Morgan fingerprint density at radius 2 is 1.92 bits per heavy atom. The number of anilines is 1. The van der Waals surface area contributed by atoms with E-state index < -0.39 is 5.82 Å². The summed E-state index contributed by atoms with van der Waals surface area (Å²) in [6.45, 7) is 1.10. The number of amides is 2. The molecule has 6 heteroatoms. The van der Waals surface area contributed by atoms with Crippen molar-refractivity contribution < 1.29 is 14.1 Å². The summed E-state index contributed by atoms with van der Waals surface area (Å²) in [5.74, 6) is -0.409. The first kappa shape index (κ1) is 16.5. The molecular formula is C19H23FN3OS+. The second-order valence-electron chi connectivity index (χ2n) is 7.05. The van der Waals surface area contributed by atoms with E-state index in [9.17, 15) is 9.18 Å². The molecule has 2 amide bonds. The number of carbonyl (C=O) groups is 1. The molecular weight excluding hydrogens is 337 g/mol. The minimum atomic E-state index is -0.409. The second-order valence-corrected chi connectivity index (χ2v) is 8.08.